The molecule has 4 rings (SSSR count). The molecule has 168 valence electrons. The number of aromatic nitrogens is 1. The van der Waals surface area contributed by atoms with Crippen molar-refractivity contribution in [1.29, 1.82) is 5.26 Å². The summed E-state index contributed by atoms with van der Waals surface area (Å²) in [5.41, 5.74) is 3.59. The van der Waals surface area contributed by atoms with E-state index in [0.29, 0.717) is 15.9 Å². The summed E-state index contributed by atoms with van der Waals surface area (Å²) in [6, 6.07) is 24.3. The minimum atomic E-state index is -0.563. The van der Waals surface area contributed by atoms with Crippen molar-refractivity contribution >= 4 is 50.5 Å². The first-order chi connectivity index (χ1) is 16.4. The van der Waals surface area contributed by atoms with E-state index in [9.17, 15) is 14.9 Å². The Morgan fingerprint density at radius 1 is 1.03 bits per heavy atom. The molecule has 0 fully saturated rings. The van der Waals surface area contributed by atoms with Crippen LogP contribution in [0.15, 0.2) is 82.1 Å². The molecule has 0 atom stereocenters. The quantitative estimate of drug-likeness (QED) is 0.425. The van der Waals surface area contributed by atoms with Crippen molar-refractivity contribution in [3.8, 4) is 11.8 Å². The number of anilines is 1. The van der Waals surface area contributed by atoms with Crippen LogP contribution in [0.1, 0.15) is 16.7 Å². The standard InChI is InChI=1S/C27H20BrN3O2S/c1-17-11-18(2)13-21(12-17)30-25(32)23(16-29)27-31(22-9-4-3-5-10-22)26(33)24(34-27)15-19-7-6-8-20(28)14-19/h3-15H,1-2H3,(H,30,32)/b24-15+,27-23+. The summed E-state index contributed by atoms with van der Waals surface area (Å²) in [4.78, 5) is 26.6. The highest BCUT2D eigenvalue weighted by Gasteiger charge is 2.17. The van der Waals surface area contributed by atoms with Gasteiger partial charge in [0, 0.05) is 10.2 Å². The van der Waals surface area contributed by atoms with Crippen molar-refractivity contribution in [2.45, 2.75) is 13.8 Å². The Morgan fingerprint density at radius 2 is 1.74 bits per heavy atom. The van der Waals surface area contributed by atoms with Crippen LogP contribution in [0, 0.1) is 25.2 Å². The average molecular weight is 530 g/mol. The van der Waals surface area contributed by atoms with E-state index in [2.05, 4.69) is 21.2 Å². The van der Waals surface area contributed by atoms with Gasteiger partial charge >= 0.3 is 0 Å². The van der Waals surface area contributed by atoms with Gasteiger partial charge < -0.3 is 5.32 Å². The normalized spacial score (nSPS) is 12.2. The molecule has 0 aliphatic rings. The van der Waals surface area contributed by atoms with Gasteiger partial charge in [-0.25, -0.2) is 0 Å². The van der Waals surface area contributed by atoms with Crippen molar-refractivity contribution in [3.63, 3.8) is 0 Å². The van der Waals surface area contributed by atoms with Crippen LogP contribution in [0.3, 0.4) is 0 Å². The second-order valence-electron chi connectivity index (χ2n) is 7.76. The first-order valence-electron chi connectivity index (χ1n) is 10.4. The molecule has 1 amide bonds. The molecule has 5 nitrogen and oxygen atoms in total. The largest absolute Gasteiger partial charge is 0.321 e. The lowest BCUT2D eigenvalue weighted by atomic mass is 10.1. The first kappa shape index (κ1) is 23.4. The zero-order valence-corrected chi connectivity index (χ0v) is 20.9. The van der Waals surface area contributed by atoms with E-state index in [1.165, 1.54) is 4.57 Å². The fourth-order valence-electron chi connectivity index (χ4n) is 3.65. The summed E-state index contributed by atoms with van der Waals surface area (Å²) in [6.07, 6.45) is 1.76. The summed E-state index contributed by atoms with van der Waals surface area (Å²) in [6.45, 7) is 3.88. The number of para-hydroxylation sites is 1. The van der Waals surface area contributed by atoms with E-state index in [-0.39, 0.29) is 15.8 Å². The third-order valence-corrected chi connectivity index (χ3v) is 6.60. The molecule has 0 unspecified atom stereocenters. The Bertz CT molecular complexity index is 1590. The lowest BCUT2D eigenvalue weighted by molar-refractivity contribution is -0.111. The van der Waals surface area contributed by atoms with Gasteiger partial charge in [-0.05, 0) is 73.0 Å². The number of benzene rings is 3. The van der Waals surface area contributed by atoms with Gasteiger partial charge in [-0.2, -0.15) is 5.26 Å². The summed E-state index contributed by atoms with van der Waals surface area (Å²) < 4.78 is 3.01. The SMILES string of the molecule is Cc1cc(C)cc(NC(=O)/C(C#N)=c2/s/c(=C/c3cccc(Br)c3)c(=O)n2-c2ccccc2)c1. The monoisotopic (exact) mass is 529 g/mol. The number of nitriles is 1. The Morgan fingerprint density at radius 3 is 2.38 bits per heavy atom. The van der Waals surface area contributed by atoms with E-state index >= 15 is 0 Å². The predicted octanol–water partition coefficient (Wildman–Crippen LogP) is 4.42. The Kier molecular flexibility index (Phi) is 6.92. The van der Waals surface area contributed by atoms with Crippen molar-refractivity contribution in [2.75, 3.05) is 5.32 Å². The first-order valence-corrected chi connectivity index (χ1v) is 12.1. The molecule has 34 heavy (non-hydrogen) atoms. The van der Waals surface area contributed by atoms with Crippen molar-refractivity contribution in [2.24, 2.45) is 0 Å². The molecule has 0 aliphatic carbocycles. The zero-order chi connectivity index (χ0) is 24.2. The van der Waals surface area contributed by atoms with Crippen LogP contribution < -0.4 is 20.1 Å². The third-order valence-electron chi connectivity index (χ3n) is 5.02. The molecule has 0 bridgehead atoms. The van der Waals surface area contributed by atoms with Gasteiger partial charge in [0.15, 0.2) is 5.57 Å². The summed E-state index contributed by atoms with van der Waals surface area (Å²) in [5, 5.41) is 12.8. The Hall–Kier alpha value is -3.73. The van der Waals surface area contributed by atoms with Crippen LogP contribution in [0.2, 0.25) is 0 Å². The van der Waals surface area contributed by atoms with Crippen LogP contribution in [0.5, 0.6) is 0 Å². The highest BCUT2D eigenvalue weighted by molar-refractivity contribution is 9.10. The summed E-state index contributed by atoms with van der Waals surface area (Å²) in [7, 11) is 0. The van der Waals surface area contributed by atoms with Gasteiger partial charge in [0.2, 0.25) is 0 Å². The minimum absolute atomic E-state index is 0.126. The van der Waals surface area contributed by atoms with E-state index < -0.39 is 5.91 Å². The van der Waals surface area contributed by atoms with E-state index in [1.807, 2.05) is 80.6 Å². The average Bonchev–Trinajstić information content (AvgIpc) is 3.09. The lowest BCUT2D eigenvalue weighted by Crippen LogP contribution is -2.32. The molecule has 0 aliphatic heterocycles. The number of amides is 1. The number of aryl methyl sites for hydroxylation is 2. The fraction of sp³-hybridized carbons (Fsp3) is 0.0741. The molecule has 0 spiro atoms. The molecule has 0 saturated carbocycles. The molecule has 1 N–H and O–H groups in total. The van der Waals surface area contributed by atoms with Crippen LogP contribution in [-0.2, 0) is 4.79 Å². The highest BCUT2D eigenvalue weighted by Crippen LogP contribution is 2.15. The van der Waals surface area contributed by atoms with E-state index in [1.54, 1.807) is 18.2 Å². The van der Waals surface area contributed by atoms with Crippen LogP contribution in [0.4, 0.5) is 5.69 Å². The lowest BCUT2D eigenvalue weighted by Gasteiger charge is -2.07. The molecule has 0 saturated heterocycles. The van der Waals surface area contributed by atoms with Gasteiger partial charge in [-0.1, -0.05) is 52.3 Å². The fourth-order valence-corrected chi connectivity index (χ4v) is 5.16. The number of hydrogen-bond acceptors (Lipinski definition) is 4. The number of hydrogen-bond donors (Lipinski definition) is 1. The molecular weight excluding hydrogens is 510 g/mol. The van der Waals surface area contributed by atoms with Gasteiger partial charge in [-0.3, -0.25) is 14.2 Å². The summed E-state index contributed by atoms with van der Waals surface area (Å²) in [5.74, 6) is -0.563. The molecule has 4 aromatic rings. The Balaban J connectivity index is 1.95. The van der Waals surface area contributed by atoms with Crippen LogP contribution >= 0.6 is 27.3 Å². The maximum absolute atomic E-state index is 13.4. The Labute approximate surface area is 209 Å². The zero-order valence-electron chi connectivity index (χ0n) is 18.5. The van der Waals surface area contributed by atoms with E-state index in [4.69, 9.17) is 0 Å². The second-order valence-corrected chi connectivity index (χ2v) is 9.71. The molecule has 0 radical (unpaired) electrons. The molecule has 1 heterocycles. The van der Waals surface area contributed by atoms with Gasteiger partial charge in [0.25, 0.3) is 11.5 Å². The number of halogens is 1. The number of carbonyl (C=O) groups excluding carboxylic acids is 1. The molecule has 1 aromatic heterocycles. The van der Waals surface area contributed by atoms with E-state index in [0.717, 1.165) is 32.5 Å². The predicted molar refractivity (Wildman–Crippen MR) is 140 cm³/mol. The van der Waals surface area contributed by atoms with Crippen LogP contribution in [-0.4, -0.2) is 10.5 Å². The van der Waals surface area contributed by atoms with Crippen molar-refractivity contribution in [3.05, 3.63) is 114 Å². The maximum Gasteiger partial charge on any atom is 0.273 e. The van der Waals surface area contributed by atoms with Crippen molar-refractivity contribution < 1.29 is 4.79 Å². The maximum atomic E-state index is 13.4. The third kappa shape index (κ3) is 5.09. The van der Waals surface area contributed by atoms with Gasteiger partial charge in [-0.15, -0.1) is 11.3 Å². The minimum Gasteiger partial charge on any atom is -0.321 e. The number of nitrogens with one attached hydrogen (secondary N) is 1. The molecule has 3 aromatic carbocycles. The second kappa shape index (κ2) is 10.0. The topological polar surface area (TPSA) is 74.9 Å². The number of nitrogens with zero attached hydrogens (tertiary/aromatic N) is 2. The van der Waals surface area contributed by atoms with Gasteiger partial charge in [0.05, 0.1) is 10.2 Å². The van der Waals surface area contributed by atoms with Gasteiger partial charge in [0.1, 0.15) is 10.7 Å². The highest BCUT2D eigenvalue weighted by atomic mass is 79.9. The smallest absolute Gasteiger partial charge is 0.273 e. The number of carbonyl (C=O) groups is 1. The molecular formula is C27H20BrN3O2S. The number of thiazole rings is 1. The van der Waals surface area contributed by atoms with Crippen LogP contribution in [0.25, 0.3) is 17.3 Å². The summed E-state index contributed by atoms with van der Waals surface area (Å²) >= 11 is 4.56. The number of rotatable bonds is 4. The van der Waals surface area contributed by atoms with Crippen molar-refractivity contribution in [1.82, 2.24) is 4.57 Å². The molecule has 7 heteroatoms.